The van der Waals surface area contributed by atoms with Gasteiger partial charge >= 0.3 is 0 Å². The summed E-state index contributed by atoms with van der Waals surface area (Å²) in [7, 11) is 0. The predicted octanol–water partition coefficient (Wildman–Crippen LogP) is 2.03. The number of hydrogen-bond donors (Lipinski definition) is 2. The number of carbonyl (C=O) groups is 1. The number of aromatic amines is 1. The topological polar surface area (TPSA) is 84.7 Å². The first kappa shape index (κ1) is 11.4. The molecule has 0 bridgehead atoms. The number of nitrogens with one attached hydrogen (secondary N) is 1. The zero-order valence-electron chi connectivity index (χ0n) is 10.3. The van der Waals surface area contributed by atoms with E-state index in [4.69, 9.17) is 5.73 Å². The number of pyridine rings is 2. The van der Waals surface area contributed by atoms with Crippen LogP contribution in [0.3, 0.4) is 0 Å². The average molecular weight is 252 g/mol. The van der Waals surface area contributed by atoms with E-state index in [9.17, 15) is 4.79 Å². The number of primary amides is 1. The minimum absolute atomic E-state index is 0.447. The van der Waals surface area contributed by atoms with E-state index in [-0.39, 0.29) is 0 Å². The summed E-state index contributed by atoms with van der Waals surface area (Å²) in [5, 5.41) is 1.00. The summed E-state index contributed by atoms with van der Waals surface area (Å²) in [6.45, 7) is 1.84. The van der Waals surface area contributed by atoms with Crippen molar-refractivity contribution < 1.29 is 4.79 Å². The van der Waals surface area contributed by atoms with E-state index >= 15 is 0 Å². The lowest BCUT2D eigenvalue weighted by Crippen LogP contribution is -2.13. The summed E-state index contributed by atoms with van der Waals surface area (Å²) in [6, 6.07) is 5.56. The average Bonchev–Trinajstić information content (AvgIpc) is 2.85. The van der Waals surface area contributed by atoms with Gasteiger partial charge in [-0.1, -0.05) is 0 Å². The molecule has 3 rings (SSSR count). The van der Waals surface area contributed by atoms with Crippen molar-refractivity contribution in [1.29, 1.82) is 0 Å². The lowest BCUT2D eigenvalue weighted by Gasteiger charge is -2.08. The molecule has 94 valence electrons. The summed E-state index contributed by atoms with van der Waals surface area (Å²) in [5.41, 5.74) is 9.03. The van der Waals surface area contributed by atoms with Crippen LogP contribution in [0.1, 0.15) is 15.9 Å². The van der Waals surface area contributed by atoms with Crippen LogP contribution in [-0.4, -0.2) is 20.9 Å². The normalized spacial score (nSPS) is 10.8. The fourth-order valence-electron chi connectivity index (χ4n) is 2.16. The second-order valence-corrected chi connectivity index (χ2v) is 4.34. The molecule has 1 amide bonds. The van der Waals surface area contributed by atoms with Crippen molar-refractivity contribution >= 4 is 16.9 Å². The maximum Gasteiger partial charge on any atom is 0.249 e. The first-order valence-corrected chi connectivity index (χ1v) is 5.86. The fraction of sp³-hybridized carbons (Fsp3) is 0.0714. The Bertz CT molecular complexity index is 776. The van der Waals surface area contributed by atoms with E-state index in [0.29, 0.717) is 5.56 Å². The molecule has 0 spiro atoms. The SMILES string of the molecule is Cc1c(C(N)=O)ccnc1-c1cnc2[nH]ccc2c1. The van der Waals surface area contributed by atoms with E-state index in [1.54, 1.807) is 18.5 Å². The van der Waals surface area contributed by atoms with E-state index in [1.165, 1.54) is 0 Å². The number of nitrogens with two attached hydrogens (primary N) is 1. The standard InChI is InChI=1S/C14H12N4O/c1-8-11(13(15)19)3-5-16-12(8)10-6-9-2-4-17-14(9)18-7-10/h2-7H,1H3,(H2,15,19)(H,17,18). The second-order valence-electron chi connectivity index (χ2n) is 4.34. The van der Waals surface area contributed by atoms with Gasteiger partial charge < -0.3 is 10.7 Å². The number of carbonyl (C=O) groups excluding carboxylic acids is 1. The Morgan fingerprint density at radius 3 is 2.95 bits per heavy atom. The van der Waals surface area contributed by atoms with E-state index < -0.39 is 5.91 Å². The van der Waals surface area contributed by atoms with E-state index in [1.807, 2.05) is 25.3 Å². The molecule has 5 heteroatoms. The molecule has 0 aromatic carbocycles. The molecule has 0 saturated carbocycles. The molecule has 5 nitrogen and oxygen atoms in total. The summed E-state index contributed by atoms with van der Waals surface area (Å²) in [5.74, 6) is -0.447. The maximum absolute atomic E-state index is 11.4. The predicted molar refractivity (Wildman–Crippen MR) is 72.6 cm³/mol. The monoisotopic (exact) mass is 252 g/mol. The molecule has 19 heavy (non-hydrogen) atoms. The number of hydrogen-bond acceptors (Lipinski definition) is 3. The first-order valence-electron chi connectivity index (χ1n) is 5.86. The molecule has 0 aliphatic rings. The van der Waals surface area contributed by atoms with Crippen LogP contribution < -0.4 is 5.73 Å². The zero-order chi connectivity index (χ0) is 13.4. The Morgan fingerprint density at radius 2 is 2.16 bits per heavy atom. The number of rotatable bonds is 2. The van der Waals surface area contributed by atoms with Gasteiger partial charge in [-0.05, 0) is 30.7 Å². The van der Waals surface area contributed by atoms with Crippen LogP contribution in [0.15, 0.2) is 36.8 Å². The Morgan fingerprint density at radius 1 is 1.32 bits per heavy atom. The molecule has 3 heterocycles. The molecule has 0 fully saturated rings. The summed E-state index contributed by atoms with van der Waals surface area (Å²) in [4.78, 5) is 23.0. The third-order valence-corrected chi connectivity index (χ3v) is 3.14. The molecule has 3 N–H and O–H groups in total. The molecule has 3 aromatic rings. The highest BCUT2D eigenvalue weighted by atomic mass is 16.1. The molecule has 0 aliphatic carbocycles. The van der Waals surface area contributed by atoms with Crippen molar-refractivity contribution in [2.24, 2.45) is 5.73 Å². The smallest absolute Gasteiger partial charge is 0.249 e. The lowest BCUT2D eigenvalue weighted by molar-refractivity contribution is 0.0999. The highest BCUT2D eigenvalue weighted by Crippen LogP contribution is 2.25. The molecule has 3 aromatic heterocycles. The van der Waals surface area contributed by atoms with Gasteiger partial charge in [0.05, 0.1) is 5.69 Å². The molecule has 0 atom stereocenters. The minimum Gasteiger partial charge on any atom is -0.366 e. The molecule has 0 aliphatic heterocycles. The fourth-order valence-corrected chi connectivity index (χ4v) is 2.16. The van der Waals surface area contributed by atoms with Gasteiger partial charge in [0.2, 0.25) is 5.91 Å². The lowest BCUT2D eigenvalue weighted by atomic mass is 10.0. The van der Waals surface area contributed by atoms with Crippen molar-refractivity contribution in [1.82, 2.24) is 15.0 Å². The number of fused-ring (bicyclic) bond motifs is 1. The van der Waals surface area contributed by atoms with Crippen molar-refractivity contribution in [3.63, 3.8) is 0 Å². The minimum atomic E-state index is -0.447. The van der Waals surface area contributed by atoms with Gasteiger partial charge in [0.15, 0.2) is 0 Å². The van der Waals surface area contributed by atoms with Gasteiger partial charge in [-0.2, -0.15) is 0 Å². The zero-order valence-corrected chi connectivity index (χ0v) is 10.3. The molecule has 0 saturated heterocycles. The Hall–Kier alpha value is -2.69. The van der Waals surface area contributed by atoms with Gasteiger partial charge in [0.25, 0.3) is 0 Å². The highest BCUT2D eigenvalue weighted by Gasteiger charge is 2.12. The Labute approximate surface area is 109 Å². The van der Waals surface area contributed by atoms with Crippen LogP contribution >= 0.6 is 0 Å². The molecular weight excluding hydrogens is 240 g/mol. The van der Waals surface area contributed by atoms with E-state index in [2.05, 4.69) is 15.0 Å². The Kier molecular flexibility index (Phi) is 2.52. The maximum atomic E-state index is 11.4. The molecule has 0 unspecified atom stereocenters. The Balaban J connectivity index is 2.20. The number of aromatic nitrogens is 3. The van der Waals surface area contributed by atoms with Crippen LogP contribution in [0, 0.1) is 6.92 Å². The quantitative estimate of drug-likeness (QED) is 0.731. The van der Waals surface area contributed by atoms with Crippen LogP contribution in [0.2, 0.25) is 0 Å². The van der Waals surface area contributed by atoms with E-state index in [0.717, 1.165) is 27.9 Å². The number of H-pyrrole nitrogens is 1. The van der Waals surface area contributed by atoms with Crippen molar-refractivity contribution in [3.8, 4) is 11.3 Å². The van der Waals surface area contributed by atoms with Gasteiger partial charge in [-0.15, -0.1) is 0 Å². The second kappa shape index (κ2) is 4.20. The van der Waals surface area contributed by atoms with Crippen molar-refractivity contribution in [2.45, 2.75) is 6.92 Å². The van der Waals surface area contributed by atoms with Gasteiger partial charge in [0, 0.05) is 35.1 Å². The molecular formula is C14H12N4O. The number of amides is 1. The van der Waals surface area contributed by atoms with Crippen LogP contribution in [0.5, 0.6) is 0 Å². The summed E-state index contributed by atoms with van der Waals surface area (Å²) in [6.07, 6.45) is 5.16. The van der Waals surface area contributed by atoms with Gasteiger partial charge in [0.1, 0.15) is 5.65 Å². The van der Waals surface area contributed by atoms with Crippen LogP contribution in [0.25, 0.3) is 22.3 Å². The molecule has 0 radical (unpaired) electrons. The first-order chi connectivity index (χ1) is 9.16. The van der Waals surface area contributed by atoms with Crippen molar-refractivity contribution in [3.05, 3.63) is 47.9 Å². The third kappa shape index (κ3) is 1.85. The van der Waals surface area contributed by atoms with Crippen LogP contribution in [-0.2, 0) is 0 Å². The largest absolute Gasteiger partial charge is 0.366 e. The summed E-state index contributed by atoms with van der Waals surface area (Å²) >= 11 is 0. The van der Waals surface area contributed by atoms with Gasteiger partial charge in [-0.25, -0.2) is 4.98 Å². The third-order valence-electron chi connectivity index (χ3n) is 3.14. The van der Waals surface area contributed by atoms with Gasteiger partial charge in [-0.3, -0.25) is 9.78 Å². The summed E-state index contributed by atoms with van der Waals surface area (Å²) < 4.78 is 0. The van der Waals surface area contributed by atoms with Crippen molar-refractivity contribution in [2.75, 3.05) is 0 Å². The van der Waals surface area contributed by atoms with Crippen LogP contribution in [0.4, 0.5) is 0 Å². The number of nitrogens with zero attached hydrogens (tertiary/aromatic N) is 2. The highest BCUT2D eigenvalue weighted by molar-refractivity contribution is 5.96.